The summed E-state index contributed by atoms with van der Waals surface area (Å²) in [7, 11) is 0. The maximum Gasteiger partial charge on any atom is 0.252 e. The molecule has 4 heteroatoms. The summed E-state index contributed by atoms with van der Waals surface area (Å²) >= 11 is 6.18. The van der Waals surface area contributed by atoms with Crippen molar-refractivity contribution in [2.24, 2.45) is 0 Å². The highest BCUT2D eigenvalue weighted by Crippen LogP contribution is 2.23. The molecule has 1 atom stereocenters. The van der Waals surface area contributed by atoms with E-state index in [4.69, 9.17) is 11.6 Å². The second-order valence-corrected chi connectivity index (χ2v) is 5.50. The number of carbonyl (C=O) groups excluding carboxylic acids is 1. The van der Waals surface area contributed by atoms with Crippen LogP contribution in [0.5, 0.6) is 0 Å². The Kier molecular flexibility index (Phi) is 4.07. The van der Waals surface area contributed by atoms with Crippen LogP contribution in [0, 0.1) is 0 Å². The van der Waals surface area contributed by atoms with Crippen molar-refractivity contribution in [3.63, 3.8) is 0 Å². The first-order chi connectivity index (χ1) is 10.7. The molecule has 1 heterocycles. The minimum absolute atomic E-state index is 0.133. The molecule has 22 heavy (non-hydrogen) atoms. The molecule has 0 aliphatic rings. The molecule has 2 aromatic carbocycles. The lowest BCUT2D eigenvalue weighted by molar-refractivity contribution is 0.0941. The SMILES string of the molecule is CC(NC(=O)c1cccc2ncccc12)c1ccccc1Cl. The molecule has 0 fully saturated rings. The number of rotatable bonds is 3. The zero-order chi connectivity index (χ0) is 15.5. The predicted molar refractivity (Wildman–Crippen MR) is 89.1 cm³/mol. The maximum atomic E-state index is 12.6. The molecular weight excluding hydrogens is 296 g/mol. The molecule has 0 saturated carbocycles. The fourth-order valence-corrected chi connectivity index (χ4v) is 2.78. The van der Waals surface area contributed by atoms with E-state index >= 15 is 0 Å². The van der Waals surface area contributed by atoms with Crippen molar-refractivity contribution in [2.75, 3.05) is 0 Å². The van der Waals surface area contributed by atoms with Gasteiger partial charge in [-0.05, 0) is 36.8 Å². The molecule has 0 radical (unpaired) electrons. The number of amides is 1. The largest absolute Gasteiger partial charge is 0.345 e. The van der Waals surface area contributed by atoms with Gasteiger partial charge >= 0.3 is 0 Å². The van der Waals surface area contributed by atoms with E-state index in [-0.39, 0.29) is 11.9 Å². The van der Waals surface area contributed by atoms with Gasteiger partial charge in [-0.15, -0.1) is 0 Å². The number of nitrogens with one attached hydrogen (secondary N) is 1. The lowest BCUT2D eigenvalue weighted by atomic mass is 10.1. The maximum absolute atomic E-state index is 12.6. The van der Waals surface area contributed by atoms with Gasteiger partial charge in [-0.3, -0.25) is 9.78 Å². The summed E-state index contributed by atoms with van der Waals surface area (Å²) in [5.74, 6) is -0.133. The molecule has 0 aliphatic heterocycles. The third kappa shape index (κ3) is 2.81. The van der Waals surface area contributed by atoms with E-state index in [0.29, 0.717) is 10.6 Å². The second kappa shape index (κ2) is 6.16. The molecule has 0 aliphatic carbocycles. The zero-order valence-corrected chi connectivity index (χ0v) is 12.8. The summed E-state index contributed by atoms with van der Waals surface area (Å²) in [6, 6.07) is 16.6. The Morgan fingerprint density at radius 3 is 2.73 bits per heavy atom. The highest BCUT2D eigenvalue weighted by atomic mass is 35.5. The molecule has 0 saturated heterocycles. The number of pyridine rings is 1. The molecule has 1 N–H and O–H groups in total. The second-order valence-electron chi connectivity index (χ2n) is 5.09. The molecule has 1 amide bonds. The number of nitrogens with zero attached hydrogens (tertiary/aromatic N) is 1. The van der Waals surface area contributed by atoms with Gasteiger partial charge in [0.05, 0.1) is 11.6 Å². The molecule has 3 rings (SSSR count). The number of aromatic nitrogens is 1. The summed E-state index contributed by atoms with van der Waals surface area (Å²) in [5, 5.41) is 4.48. The summed E-state index contributed by atoms with van der Waals surface area (Å²) in [6.45, 7) is 1.92. The van der Waals surface area contributed by atoms with Crippen LogP contribution in [0.15, 0.2) is 60.8 Å². The molecule has 0 bridgehead atoms. The highest BCUT2D eigenvalue weighted by molar-refractivity contribution is 6.31. The van der Waals surface area contributed by atoms with Gasteiger partial charge < -0.3 is 5.32 Å². The summed E-state index contributed by atoms with van der Waals surface area (Å²) in [6.07, 6.45) is 1.72. The summed E-state index contributed by atoms with van der Waals surface area (Å²) in [5.41, 5.74) is 2.32. The predicted octanol–water partition coefficient (Wildman–Crippen LogP) is 4.38. The summed E-state index contributed by atoms with van der Waals surface area (Å²) in [4.78, 5) is 16.8. The van der Waals surface area contributed by atoms with Gasteiger partial charge in [0.1, 0.15) is 0 Å². The smallest absolute Gasteiger partial charge is 0.252 e. The lowest BCUT2D eigenvalue weighted by Gasteiger charge is -2.16. The summed E-state index contributed by atoms with van der Waals surface area (Å²) < 4.78 is 0. The average Bonchev–Trinajstić information content (AvgIpc) is 2.54. The average molecular weight is 311 g/mol. The third-order valence-corrected chi connectivity index (χ3v) is 3.95. The molecule has 1 aromatic heterocycles. The molecule has 3 aromatic rings. The van der Waals surface area contributed by atoms with E-state index in [1.54, 1.807) is 12.3 Å². The number of hydrogen-bond donors (Lipinski definition) is 1. The topological polar surface area (TPSA) is 42.0 Å². The number of benzene rings is 2. The van der Waals surface area contributed by atoms with Crippen LogP contribution in [-0.4, -0.2) is 10.9 Å². The van der Waals surface area contributed by atoms with E-state index in [9.17, 15) is 4.79 Å². The van der Waals surface area contributed by atoms with Gasteiger partial charge in [0.25, 0.3) is 5.91 Å². The van der Waals surface area contributed by atoms with E-state index in [1.165, 1.54) is 0 Å². The van der Waals surface area contributed by atoms with E-state index in [2.05, 4.69) is 10.3 Å². The Morgan fingerprint density at radius 2 is 1.91 bits per heavy atom. The highest BCUT2D eigenvalue weighted by Gasteiger charge is 2.15. The Hall–Kier alpha value is -2.39. The zero-order valence-electron chi connectivity index (χ0n) is 12.1. The van der Waals surface area contributed by atoms with Crippen molar-refractivity contribution < 1.29 is 4.79 Å². The van der Waals surface area contributed by atoms with Gasteiger partial charge in [-0.25, -0.2) is 0 Å². The van der Waals surface area contributed by atoms with Crippen molar-refractivity contribution in [1.82, 2.24) is 10.3 Å². The first-order valence-corrected chi connectivity index (χ1v) is 7.43. The van der Waals surface area contributed by atoms with Crippen LogP contribution < -0.4 is 5.32 Å². The minimum atomic E-state index is -0.173. The molecular formula is C18H15ClN2O. The molecule has 110 valence electrons. The van der Waals surface area contributed by atoms with E-state index in [0.717, 1.165) is 16.5 Å². The fraction of sp³-hybridized carbons (Fsp3) is 0.111. The van der Waals surface area contributed by atoms with Crippen molar-refractivity contribution >= 4 is 28.4 Å². The molecule has 0 spiro atoms. The van der Waals surface area contributed by atoms with Crippen molar-refractivity contribution in [3.05, 3.63) is 76.9 Å². The van der Waals surface area contributed by atoms with Gasteiger partial charge in [0.15, 0.2) is 0 Å². The Labute approximate surface area is 133 Å². The Morgan fingerprint density at radius 1 is 1.09 bits per heavy atom. The van der Waals surface area contributed by atoms with Crippen molar-refractivity contribution in [2.45, 2.75) is 13.0 Å². The fourth-order valence-electron chi connectivity index (χ4n) is 2.48. The Bertz CT molecular complexity index is 827. The number of hydrogen-bond acceptors (Lipinski definition) is 2. The minimum Gasteiger partial charge on any atom is -0.345 e. The van der Waals surface area contributed by atoms with Crippen LogP contribution in [0.3, 0.4) is 0 Å². The van der Waals surface area contributed by atoms with Gasteiger partial charge in [0, 0.05) is 22.2 Å². The standard InChI is InChI=1S/C18H15ClN2O/c1-12(13-6-2-3-9-16(13)19)21-18(22)15-7-4-10-17-14(15)8-5-11-20-17/h2-12H,1H3,(H,21,22). The van der Waals surface area contributed by atoms with Crippen LogP contribution in [0.25, 0.3) is 10.9 Å². The molecule has 1 unspecified atom stereocenters. The normalized spacial score (nSPS) is 12.1. The van der Waals surface area contributed by atoms with E-state index < -0.39 is 0 Å². The van der Waals surface area contributed by atoms with Crippen LogP contribution in [0.2, 0.25) is 5.02 Å². The monoisotopic (exact) mass is 310 g/mol. The number of halogens is 1. The first-order valence-electron chi connectivity index (χ1n) is 7.06. The Balaban J connectivity index is 1.89. The van der Waals surface area contributed by atoms with E-state index in [1.807, 2.05) is 55.5 Å². The van der Waals surface area contributed by atoms with Crippen molar-refractivity contribution in [3.8, 4) is 0 Å². The molecule has 3 nitrogen and oxygen atoms in total. The van der Waals surface area contributed by atoms with Gasteiger partial charge in [-0.2, -0.15) is 0 Å². The van der Waals surface area contributed by atoms with Crippen LogP contribution in [0.1, 0.15) is 28.9 Å². The number of carbonyl (C=O) groups is 1. The quantitative estimate of drug-likeness (QED) is 0.780. The van der Waals surface area contributed by atoms with Gasteiger partial charge in [0.2, 0.25) is 0 Å². The lowest BCUT2D eigenvalue weighted by Crippen LogP contribution is -2.27. The number of fused-ring (bicyclic) bond motifs is 1. The van der Waals surface area contributed by atoms with Crippen LogP contribution in [-0.2, 0) is 0 Å². The van der Waals surface area contributed by atoms with Crippen molar-refractivity contribution in [1.29, 1.82) is 0 Å². The van der Waals surface area contributed by atoms with Gasteiger partial charge in [-0.1, -0.05) is 41.9 Å². The van der Waals surface area contributed by atoms with Crippen LogP contribution in [0.4, 0.5) is 0 Å². The third-order valence-electron chi connectivity index (χ3n) is 3.61. The first kappa shape index (κ1) is 14.5. The van der Waals surface area contributed by atoms with Crippen LogP contribution >= 0.6 is 11.6 Å².